The maximum Gasteiger partial charge on any atom is 0.164 e. The van der Waals surface area contributed by atoms with Crippen LogP contribution >= 0.6 is 0 Å². The smallest absolute Gasteiger partial charge is 0.164 e. The minimum Gasteiger partial charge on any atom is -0.208 e. The van der Waals surface area contributed by atoms with E-state index in [1.807, 2.05) is 24.3 Å². The lowest BCUT2D eigenvalue weighted by Gasteiger charge is -2.61. The van der Waals surface area contributed by atoms with E-state index in [9.17, 15) is 0 Å². The standard InChI is InChI=1S/C94H68N6/c1-5-22-60(23-6-1)66-33-13-37-70(55-66)90-95-88(64-26-9-3-10-27-64)97-92(99-90)80-44-17-31-62-30-16-39-74(84(62)80)68-35-15-36-69(57-68)75-40-20-46-82-86(75)87-78(43-21-47-83(87)94(82)72-51-58-50-59(53-72)54-73(94)52-58)76-41-19-42-77(76)79-49-48-63-32-18-45-81(85(63)79)93-98-89(65-28-11-4-12-29-65)96-91(100-93)71-38-14-34-67(56-71)61-24-7-2-8-25-61/h1-49,55-59,72-73,77,79H,50-54H2. The summed E-state index contributed by atoms with van der Waals surface area (Å²) in [6, 6.07) is 103. The van der Waals surface area contributed by atoms with E-state index in [2.05, 4.69) is 291 Å². The Balaban J connectivity index is 0.716. The average molecular weight is 1280 g/mol. The molecule has 0 saturated heterocycles. The molecule has 4 fully saturated rings. The first-order valence-electron chi connectivity index (χ1n) is 35.6. The third-order valence-electron chi connectivity index (χ3n) is 23.0. The first-order valence-corrected chi connectivity index (χ1v) is 35.6. The van der Waals surface area contributed by atoms with Crippen molar-refractivity contribution in [3.05, 3.63) is 337 Å². The fourth-order valence-electron chi connectivity index (χ4n) is 19.0. The molecule has 2 heterocycles. The summed E-state index contributed by atoms with van der Waals surface area (Å²) in [7, 11) is 0. The molecule has 100 heavy (non-hydrogen) atoms. The quantitative estimate of drug-likeness (QED) is 0.121. The number of allylic oxidation sites excluding steroid dienone is 5. The number of benzene rings is 12. The molecule has 2 atom stereocenters. The molecule has 1 spiro atoms. The van der Waals surface area contributed by atoms with Gasteiger partial charge in [-0.2, -0.15) is 0 Å². The Hall–Kier alpha value is -11.9. The molecule has 7 aliphatic rings. The summed E-state index contributed by atoms with van der Waals surface area (Å²) in [5, 5.41) is 2.23. The van der Waals surface area contributed by atoms with Gasteiger partial charge in [0.1, 0.15) is 0 Å². The third kappa shape index (κ3) is 9.59. The predicted octanol–water partition coefficient (Wildman–Crippen LogP) is 23.0. The molecule has 6 heteroatoms. The molecule has 4 saturated carbocycles. The van der Waals surface area contributed by atoms with Crippen LogP contribution in [0.25, 0.3) is 146 Å². The molecular formula is C94H68N6. The number of hydrogen-bond donors (Lipinski definition) is 0. The molecule has 12 aromatic carbocycles. The fraction of sp³-hybridized carbons (Fsp3) is 0.128. The van der Waals surface area contributed by atoms with Gasteiger partial charge in [-0.1, -0.05) is 297 Å². The van der Waals surface area contributed by atoms with Crippen molar-refractivity contribution in [1.29, 1.82) is 0 Å². The van der Waals surface area contributed by atoms with Gasteiger partial charge in [0.25, 0.3) is 0 Å². The van der Waals surface area contributed by atoms with Gasteiger partial charge in [-0.25, -0.2) is 29.9 Å². The van der Waals surface area contributed by atoms with Crippen molar-refractivity contribution in [1.82, 2.24) is 29.9 Å². The van der Waals surface area contributed by atoms with Crippen LogP contribution in [0, 0.1) is 29.6 Å². The van der Waals surface area contributed by atoms with Crippen LogP contribution in [-0.2, 0) is 5.41 Å². The van der Waals surface area contributed by atoms with Crippen LogP contribution in [0.3, 0.4) is 0 Å². The van der Waals surface area contributed by atoms with Gasteiger partial charge < -0.3 is 0 Å². The van der Waals surface area contributed by atoms with Crippen LogP contribution in [-0.4, -0.2) is 29.9 Å². The van der Waals surface area contributed by atoms with E-state index in [0.29, 0.717) is 46.8 Å². The Morgan fingerprint density at radius 1 is 0.290 bits per heavy atom. The largest absolute Gasteiger partial charge is 0.208 e. The van der Waals surface area contributed by atoms with E-state index in [0.717, 1.165) is 89.4 Å². The Bertz CT molecular complexity index is 5660. The molecular weight excluding hydrogens is 1210 g/mol. The molecule has 7 aliphatic carbocycles. The molecule has 0 amide bonds. The van der Waals surface area contributed by atoms with Crippen LogP contribution < -0.4 is 0 Å². The summed E-state index contributed by atoms with van der Waals surface area (Å²) < 4.78 is 0. The highest BCUT2D eigenvalue weighted by molar-refractivity contribution is 6.07. The number of hydrogen-bond acceptors (Lipinski definition) is 6. The molecule has 4 bridgehead atoms. The minimum absolute atomic E-state index is 0.0160. The van der Waals surface area contributed by atoms with Crippen molar-refractivity contribution in [2.45, 2.75) is 43.4 Å². The highest BCUT2D eigenvalue weighted by atomic mass is 15.0. The summed E-state index contributed by atoms with van der Waals surface area (Å²) in [4.78, 5) is 32.1. The van der Waals surface area contributed by atoms with Crippen molar-refractivity contribution in [2.24, 2.45) is 29.6 Å². The van der Waals surface area contributed by atoms with Crippen LogP contribution in [0.5, 0.6) is 0 Å². The predicted molar refractivity (Wildman–Crippen MR) is 407 cm³/mol. The first-order chi connectivity index (χ1) is 49.5. The van der Waals surface area contributed by atoms with E-state index in [-0.39, 0.29) is 17.3 Å². The normalized spacial score (nSPS) is 20.2. The lowest BCUT2D eigenvalue weighted by Crippen LogP contribution is -2.55. The van der Waals surface area contributed by atoms with Crippen LogP contribution in [0.4, 0.5) is 0 Å². The van der Waals surface area contributed by atoms with E-state index < -0.39 is 0 Å². The van der Waals surface area contributed by atoms with E-state index in [1.54, 1.807) is 11.1 Å². The topological polar surface area (TPSA) is 77.3 Å². The molecule has 2 unspecified atom stereocenters. The lowest BCUT2D eigenvalue weighted by atomic mass is 9.43. The molecule has 14 aromatic rings. The Kier molecular flexibility index (Phi) is 13.8. The molecule has 2 aromatic heterocycles. The van der Waals surface area contributed by atoms with Gasteiger partial charge in [-0.15, -0.1) is 0 Å². The summed E-state index contributed by atoms with van der Waals surface area (Å²) in [5.41, 5.74) is 26.0. The SMILES string of the molecule is C1=CC(C2C=Cc3cccc(-c4nc(-c5ccccc5)nc(-c5cccc(-c6ccccc6)c5)n4)c32)C(c2cccc3c2-c2c(-c4cccc(-c5cccc6cccc(-c7nc(-c8ccccc8)nc(-c8cccc(-c9ccccc9)c8)n7)c56)c4)cccc2C32C3CC4CC(C3)CC2C4)=C1. The number of aromatic nitrogens is 6. The second-order valence-corrected chi connectivity index (χ2v) is 28.4. The van der Waals surface area contributed by atoms with Gasteiger partial charge in [0.2, 0.25) is 0 Å². The van der Waals surface area contributed by atoms with Crippen molar-refractivity contribution in [3.63, 3.8) is 0 Å². The van der Waals surface area contributed by atoms with Gasteiger partial charge in [0, 0.05) is 56.0 Å². The van der Waals surface area contributed by atoms with Crippen LogP contribution in [0.15, 0.2) is 309 Å². The van der Waals surface area contributed by atoms with Gasteiger partial charge in [-0.3, -0.25) is 0 Å². The molecule has 0 N–H and O–H groups in total. The zero-order valence-corrected chi connectivity index (χ0v) is 55.2. The highest BCUT2D eigenvalue weighted by Gasteiger charge is 2.62. The molecule has 0 aliphatic heterocycles. The van der Waals surface area contributed by atoms with Crippen molar-refractivity contribution in [2.75, 3.05) is 0 Å². The molecule has 21 rings (SSSR count). The second-order valence-electron chi connectivity index (χ2n) is 28.4. The average Bonchev–Trinajstić information content (AvgIpc) is 1.51. The van der Waals surface area contributed by atoms with Crippen molar-refractivity contribution in [3.8, 4) is 124 Å². The summed E-state index contributed by atoms with van der Waals surface area (Å²) >= 11 is 0. The Morgan fingerprint density at radius 2 is 0.700 bits per heavy atom. The summed E-state index contributed by atoms with van der Waals surface area (Å²) in [6.07, 6.45) is 18.6. The van der Waals surface area contributed by atoms with Crippen molar-refractivity contribution < 1.29 is 0 Å². The molecule has 474 valence electrons. The second kappa shape index (κ2) is 23.7. The lowest BCUT2D eigenvalue weighted by molar-refractivity contribution is -0.0399. The monoisotopic (exact) mass is 1280 g/mol. The van der Waals surface area contributed by atoms with E-state index >= 15 is 0 Å². The van der Waals surface area contributed by atoms with Crippen molar-refractivity contribution >= 4 is 22.4 Å². The van der Waals surface area contributed by atoms with Gasteiger partial charge >= 0.3 is 0 Å². The minimum atomic E-state index is -0.0697. The Morgan fingerprint density at radius 3 is 1.28 bits per heavy atom. The maximum absolute atomic E-state index is 5.45. The van der Waals surface area contributed by atoms with Crippen LogP contribution in [0.1, 0.15) is 65.8 Å². The zero-order chi connectivity index (χ0) is 65.8. The van der Waals surface area contributed by atoms with E-state index in [4.69, 9.17) is 29.9 Å². The zero-order valence-electron chi connectivity index (χ0n) is 55.2. The number of nitrogens with zero attached hydrogens (tertiary/aromatic N) is 6. The van der Waals surface area contributed by atoms with Gasteiger partial charge in [0.05, 0.1) is 0 Å². The Labute approximate surface area is 583 Å². The maximum atomic E-state index is 5.45. The number of fused-ring (bicyclic) bond motifs is 5. The number of rotatable bonds is 12. The van der Waals surface area contributed by atoms with Gasteiger partial charge in [0.15, 0.2) is 34.9 Å². The van der Waals surface area contributed by atoms with Gasteiger partial charge in [-0.05, 0) is 168 Å². The van der Waals surface area contributed by atoms with Crippen LogP contribution in [0.2, 0.25) is 0 Å². The molecule has 0 radical (unpaired) electrons. The summed E-state index contributed by atoms with van der Waals surface area (Å²) in [6.45, 7) is 0. The highest BCUT2D eigenvalue weighted by Crippen LogP contribution is 2.71. The molecule has 6 nitrogen and oxygen atoms in total. The summed E-state index contributed by atoms with van der Waals surface area (Å²) in [5.74, 6) is 6.74. The van der Waals surface area contributed by atoms with E-state index in [1.165, 1.54) is 76.6 Å². The fourth-order valence-corrected chi connectivity index (χ4v) is 19.0. The first kappa shape index (κ1) is 58.3. The third-order valence-corrected chi connectivity index (χ3v) is 23.0.